The summed E-state index contributed by atoms with van der Waals surface area (Å²) < 4.78 is 0. The molecule has 1 fully saturated rings. The fraction of sp³-hybridized carbons (Fsp3) is 0.565. The molecule has 158 valence electrons. The van der Waals surface area contributed by atoms with E-state index in [9.17, 15) is 0 Å². The van der Waals surface area contributed by atoms with Crippen LogP contribution in [-0.4, -0.2) is 41.5 Å². The van der Waals surface area contributed by atoms with E-state index in [1.807, 2.05) is 0 Å². The Morgan fingerprint density at radius 3 is 2.69 bits per heavy atom. The highest BCUT2D eigenvalue weighted by molar-refractivity contribution is 7.09. The number of piperidine rings is 1. The van der Waals surface area contributed by atoms with E-state index in [1.165, 1.54) is 16.1 Å². The topological polar surface area (TPSA) is 52.6 Å². The Labute approximate surface area is 179 Å². The third kappa shape index (κ3) is 6.54. The molecular formula is C23H35N5S. The summed E-state index contributed by atoms with van der Waals surface area (Å²) in [6.45, 7) is 13.5. The zero-order valence-electron chi connectivity index (χ0n) is 18.2. The molecule has 3 rings (SSSR count). The van der Waals surface area contributed by atoms with Crippen LogP contribution in [0.4, 0.5) is 0 Å². The predicted octanol–water partition coefficient (Wildman–Crippen LogP) is 4.29. The molecule has 1 aromatic carbocycles. The van der Waals surface area contributed by atoms with E-state index in [-0.39, 0.29) is 0 Å². The van der Waals surface area contributed by atoms with E-state index in [2.05, 4.69) is 72.9 Å². The van der Waals surface area contributed by atoms with Gasteiger partial charge in [0.15, 0.2) is 5.96 Å². The first-order valence-electron chi connectivity index (χ1n) is 10.8. The van der Waals surface area contributed by atoms with Crippen molar-refractivity contribution in [2.24, 2.45) is 4.99 Å². The van der Waals surface area contributed by atoms with Crippen LogP contribution in [0.2, 0.25) is 0 Å². The number of guanidine groups is 1. The Morgan fingerprint density at radius 1 is 1.28 bits per heavy atom. The molecule has 5 nitrogen and oxygen atoms in total. The zero-order valence-corrected chi connectivity index (χ0v) is 19.1. The first-order valence-corrected chi connectivity index (χ1v) is 11.7. The molecule has 1 aliphatic heterocycles. The van der Waals surface area contributed by atoms with E-state index in [4.69, 9.17) is 9.98 Å². The highest BCUT2D eigenvalue weighted by Gasteiger charge is 2.20. The molecule has 2 aromatic rings. The number of nitrogens with zero attached hydrogens (tertiary/aromatic N) is 3. The number of aromatic nitrogens is 1. The highest BCUT2D eigenvalue weighted by Crippen LogP contribution is 2.19. The summed E-state index contributed by atoms with van der Waals surface area (Å²) in [4.78, 5) is 12.0. The molecule has 1 saturated heterocycles. The van der Waals surface area contributed by atoms with Gasteiger partial charge in [0, 0.05) is 43.5 Å². The fourth-order valence-electron chi connectivity index (χ4n) is 3.60. The number of thiazole rings is 1. The molecule has 0 aliphatic carbocycles. The summed E-state index contributed by atoms with van der Waals surface area (Å²) >= 11 is 1.73. The number of hydrogen-bond acceptors (Lipinski definition) is 4. The molecular weight excluding hydrogens is 378 g/mol. The first kappa shape index (κ1) is 21.8. The van der Waals surface area contributed by atoms with Gasteiger partial charge in [-0.3, -0.25) is 4.90 Å². The third-order valence-corrected chi connectivity index (χ3v) is 6.58. The van der Waals surface area contributed by atoms with Gasteiger partial charge in [0.05, 0.1) is 17.2 Å². The molecule has 0 radical (unpaired) electrons. The summed E-state index contributed by atoms with van der Waals surface area (Å²) in [5, 5.41) is 10.3. The lowest BCUT2D eigenvalue weighted by atomic mass is 10.0. The number of nitrogens with one attached hydrogen (secondary N) is 2. The number of aryl methyl sites for hydroxylation is 1. The van der Waals surface area contributed by atoms with Crippen molar-refractivity contribution >= 4 is 17.3 Å². The van der Waals surface area contributed by atoms with Crippen LogP contribution in [0, 0.1) is 6.92 Å². The molecule has 0 atom stereocenters. The molecule has 1 aliphatic rings. The molecule has 1 aromatic heterocycles. The third-order valence-electron chi connectivity index (χ3n) is 5.39. The summed E-state index contributed by atoms with van der Waals surface area (Å²) in [5.74, 6) is 1.39. The van der Waals surface area contributed by atoms with Crippen molar-refractivity contribution in [2.45, 2.75) is 65.6 Å². The van der Waals surface area contributed by atoms with Crippen LogP contribution < -0.4 is 10.6 Å². The van der Waals surface area contributed by atoms with Gasteiger partial charge in [0.25, 0.3) is 0 Å². The van der Waals surface area contributed by atoms with Crippen LogP contribution in [0.15, 0.2) is 34.6 Å². The molecule has 0 amide bonds. The molecule has 0 spiro atoms. The van der Waals surface area contributed by atoms with Gasteiger partial charge in [-0.1, -0.05) is 38.1 Å². The van der Waals surface area contributed by atoms with Crippen molar-refractivity contribution in [1.82, 2.24) is 20.5 Å². The molecule has 0 bridgehead atoms. The van der Waals surface area contributed by atoms with E-state index in [0.29, 0.717) is 18.5 Å². The van der Waals surface area contributed by atoms with Gasteiger partial charge in [-0.15, -0.1) is 11.3 Å². The molecule has 29 heavy (non-hydrogen) atoms. The highest BCUT2D eigenvalue weighted by atomic mass is 32.1. The Morgan fingerprint density at radius 2 is 2.03 bits per heavy atom. The van der Waals surface area contributed by atoms with Crippen molar-refractivity contribution in [3.8, 4) is 0 Å². The number of aliphatic imine (C=N–C) groups is 1. The second-order valence-corrected chi connectivity index (χ2v) is 9.04. The van der Waals surface area contributed by atoms with E-state index < -0.39 is 0 Å². The lowest BCUT2D eigenvalue weighted by Crippen LogP contribution is -2.48. The van der Waals surface area contributed by atoms with Gasteiger partial charge in [-0.2, -0.15) is 0 Å². The Hall–Kier alpha value is -1.92. The largest absolute Gasteiger partial charge is 0.357 e. The summed E-state index contributed by atoms with van der Waals surface area (Å²) in [7, 11) is 0. The summed E-state index contributed by atoms with van der Waals surface area (Å²) in [6.07, 6.45) is 2.29. The standard InChI is InChI=1S/C23H35N5S/c1-5-24-23(25-14-21-16-29-22(26-21)17(2)3)27-20-10-12-28(13-11-20)15-19-9-7-6-8-18(19)4/h6-9,16-17,20H,5,10-15H2,1-4H3,(H2,24,25,27). The van der Waals surface area contributed by atoms with Crippen LogP contribution >= 0.6 is 11.3 Å². The second kappa shape index (κ2) is 10.7. The van der Waals surface area contributed by atoms with Gasteiger partial charge in [0.1, 0.15) is 0 Å². The van der Waals surface area contributed by atoms with Crippen molar-refractivity contribution in [3.05, 3.63) is 51.5 Å². The van der Waals surface area contributed by atoms with E-state index in [0.717, 1.165) is 50.7 Å². The summed E-state index contributed by atoms with van der Waals surface area (Å²) in [6, 6.07) is 9.19. The monoisotopic (exact) mass is 413 g/mol. The maximum Gasteiger partial charge on any atom is 0.191 e. The van der Waals surface area contributed by atoms with Crippen molar-refractivity contribution in [2.75, 3.05) is 19.6 Å². The number of hydrogen-bond donors (Lipinski definition) is 2. The molecule has 0 saturated carbocycles. The average Bonchev–Trinajstić information content (AvgIpc) is 3.19. The lowest BCUT2D eigenvalue weighted by molar-refractivity contribution is 0.198. The second-order valence-electron chi connectivity index (χ2n) is 8.15. The molecule has 2 heterocycles. The maximum absolute atomic E-state index is 4.77. The minimum atomic E-state index is 0.475. The number of likely N-dealkylation sites (tertiary alicyclic amines) is 1. The van der Waals surface area contributed by atoms with E-state index in [1.54, 1.807) is 11.3 Å². The quantitative estimate of drug-likeness (QED) is 0.525. The SMILES string of the molecule is CCNC(=NCc1csc(C(C)C)n1)NC1CCN(Cc2ccccc2C)CC1. The smallest absolute Gasteiger partial charge is 0.191 e. The summed E-state index contributed by atoms with van der Waals surface area (Å²) in [5.41, 5.74) is 3.89. The minimum Gasteiger partial charge on any atom is -0.357 e. The van der Waals surface area contributed by atoms with Crippen LogP contribution in [0.25, 0.3) is 0 Å². The predicted molar refractivity (Wildman–Crippen MR) is 124 cm³/mol. The van der Waals surface area contributed by atoms with Crippen molar-refractivity contribution in [1.29, 1.82) is 0 Å². The minimum absolute atomic E-state index is 0.475. The van der Waals surface area contributed by atoms with Gasteiger partial charge in [0.2, 0.25) is 0 Å². The molecule has 2 N–H and O–H groups in total. The van der Waals surface area contributed by atoms with Crippen LogP contribution in [-0.2, 0) is 13.1 Å². The first-order chi connectivity index (χ1) is 14.0. The van der Waals surface area contributed by atoms with Crippen LogP contribution in [0.3, 0.4) is 0 Å². The number of benzene rings is 1. The van der Waals surface area contributed by atoms with E-state index >= 15 is 0 Å². The Balaban J connectivity index is 1.50. The average molecular weight is 414 g/mol. The molecule has 6 heteroatoms. The van der Waals surface area contributed by atoms with Gasteiger partial charge < -0.3 is 10.6 Å². The van der Waals surface area contributed by atoms with Gasteiger partial charge in [-0.05, 0) is 37.8 Å². The molecule has 0 unspecified atom stereocenters. The van der Waals surface area contributed by atoms with Gasteiger partial charge >= 0.3 is 0 Å². The van der Waals surface area contributed by atoms with Crippen molar-refractivity contribution < 1.29 is 0 Å². The van der Waals surface area contributed by atoms with Crippen LogP contribution in [0.1, 0.15) is 61.4 Å². The zero-order chi connectivity index (χ0) is 20.6. The van der Waals surface area contributed by atoms with Gasteiger partial charge in [-0.25, -0.2) is 9.98 Å². The Kier molecular flexibility index (Phi) is 8.07. The Bertz CT molecular complexity index is 790. The normalized spacial score (nSPS) is 16.4. The fourth-order valence-corrected chi connectivity index (χ4v) is 4.42. The van der Waals surface area contributed by atoms with Crippen molar-refractivity contribution in [3.63, 3.8) is 0 Å². The maximum atomic E-state index is 4.77. The van der Waals surface area contributed by atoms with Crippen LogP contribution in [0.5, 0.6) is 0 Å². The number of rotatable bonds is 7. The lowest BCUT2D eigenvalue weighted by Gasteiger charge is -2.33.